The number of hydrogen-bond donors (Lipinski definition) is 3. The van der Waals surface area contributed by atoms with Gasteiger partial charge in [0.25, 0.3) is 0 Å². The molecule has 0 aromatic heterocycles. The molecule has 0 unspecified atom stereocenters. The van der Waals surface area contributed by atoms with Crippen LogP contribution in [0.5, 0.6) is 0 Å². The number of carbonyl (C=O) groups is 2. The summed E-state index contributed by atoms with van der Waals surface area (Å²) < 4.78 is 0. The van der Waals surface area contributed by atoms with Crippen molar-refractivity contribution in [2.24, 2.45) is 0 Å². The van der Waals surface area contributed by atoms with Crippen molar-refractivity contribution in [3.63, 3.8) is 0 Å². The van der Waals surface area contributed by atoms with E-state index >= 15 is 0 Å². The van der Waals surface area contributed by atoms with Crippen molar-refractivity contribution in [3.8, 4) is 0 Å². The van der Waals surface area contributed by atoms with Crippen LogP contribution in [-0.4, -0.2) is 41.4 Å². The zero-order valence-corrected chi connectivity index (χ0v) is 11.3. The number of carbonyl (C=O) groups excluding carboxylic acids is 1. The molecule has 0 saturated carbocycles. The summed E-state index contributed by atoms with van der Waals surface area (Å²) in [6, 6.07) is 4.06. The van der Waals surface area contributed by atoms with Crippen LogP contribution < -0.4 is 10.2 Å². The highest BCUT2D eigenvalue weighted by Gasteiger charge is 2.26. The van der Waals surface area contributed by atoms with Crippen molar-refractivity contribution in [2.45, 2.75) is 25.8 Å². The third kappa shape index (κ3) is 2.91. The van der Waals surface area contributed by atoms with Gasteiger partial charge in [0.2, 0.25) is 0 Å². The van der Waals surface area contributed by atoms with E-state index in [1.165, 1.54) is 4.90 Å². The Morgan fingerprint density at radius 2 is 2.20 bits per heavy atom. The second kappa shape index (κ2) is 5.92. The van der Waals surface area contributed by atoms with Crippen molar-refractivity contribution in [3.05, 3.63) is 29.3 Å². The standard InChI is InChI=1S/C14H18N2O4/c1-9-4-5-12-10(7-9)3-2-6-16(12)14(20)15-11(8-17)13(18)19/h4-5,7,11,17H,2-3,6,8H2,1H3,(H,15,20)(H,18,19)/t11-/m1/s1. The van der Waals surface area contributed by atoms with Crippen LogP contribution in [0, 0.1) is 6.92 Å². The highest BCUT2D eigenvalue weighted by atomic mass is 16.4. The summed E-state index contributed by atoms with van der Waals surface area (Å²) in [5.74, 6) is -1.25. The van der Waals surface area contributed by atoms with E-state index in [4.69, 9.17) is 10.2 Å². The Labute approximate surface area is 117 Å². The van der Waals surface area contributed by atoms with E-state index in [9.17, 15) is 9.59 Å². The topological polar surface area (TPSA) is 89.9 Å². The lowest BCUT2D eigenvalue weighted by atomic mass is 10.00. The minimum atomic E-state index is -1.28. The Balaban J connectivity index is 2.18. The van der Waals surface area contributed by atoms with Gasteiger partial charge in [-0.2, -0.15) is 0 Å². The van der Waals surface area contributed by atoms with Crippen molar-refractivity contribution in [1.82, 2.24) is 5.32 Å². The van der Waals surface area contributed by atoms with Gasteiger partial charge in [-0.3, -0.25) is 4.90 Å². The summed E-state index contributed by atoms with van der Waals surface area (Å²) in [5, 5.41) is 20.1. The Morgan fingerprint density at radius 1 is 1.45 bits per heavy atom. The summed E-state index contributed by atoms with van der Waals surface area (Å²) in [4.78, 5) is 24.5. The van der Waals surface area contributed by atoms with Crippen molar-refractivity contribution >= 4 is 17.7 Å². The summed E-state index contributed by atoms with van der Waals surface area (Å²) in [7, 11) is 0. The molecule has 0 bridgehead atoms. The van der Waals surface area contributed by atoms with E-state index in [1.54, 1.807) is 0 Å². The predicted molar refractivity (Wildman–Crippen MR) is 73.9 cm³/mol. The minimum absolute atomic E-state index is 0.490. The molecule has 1 aliphatic heterocycles. The van der Waals surface area contributed by atoms with Crippen LogP contribution in [0.25, 0.3) is 0 Å². The first-order valence-electron chi connectivity index (χ1n) is 6.54. The summed E-state index contributed by atoms with van der Waals surface area (Å²) in [6.07, 6.45) is 1.74. The van der Waals surface area contributed by atoms with E-state index in [2.05, 4.69) is 5.32 Å². The number of carboxylic acids is 1. The molecule has 1 heterocycles. The number of urea groups is 1. The Kier molecular flexibility index (Phi) is 4.24. The van der Waals surface area contributed by atoms with Crippen LogP contribution in [0.3, 0.4) is 0 Å². The van der Waals surface area contributed by atoms with Gasteiger partial charge < -0.3 is 15.5 Å². The molecule has 0 fully saturated rings. The maximum absolute atomic E-state index is 12.2. The molecule has 1 aromatic carbocycles. The summed E-state index contributed by atoms with van der Waals surface area (Å²) in [5.41, 5.74) is 3.02. The Hall–Kier alpha value is -2.08. The lowest BCUT2D eigenvalue weighted by Crippen LogP contribution is -2.50. The van der Waals surface area contributed by atoms with Gasteiger partial charge in [0.1, 0.15) is 0 Å². The molecular formula is C14H18N2O4. The van der Waals surface area contributed by atoms with E-state index in [0.717, 1.165) is 29.7 Å². The number of amides is 2. The van der Waals surface area contributed by atoms with Crippen molar-refractivity contribution in [2.75, 3.05) is 18.1 Å². The molecule has 2 amide bonds. The van der Waals surface area contributed by atoms with E-state index < -0.39 is 24.6 Å². The molecule has 0 spiro atoms. The lowest BCUT2D eigenvalue weighted by Gasteiger charge is -2.30. The normalized spacial score (nSPS) is 15.4. The molecule has 1 aromatic rings. The second-order valence-electron chi connectivity index (χ2n) is 4.91. The van der Waals surface area contributed by atoms with Crippen LogP contribution >= 0.6 is 0 Å². The van der Waals surface area contributed by atoms with Gasteiger partial charge in [-0.05, 0) is 31.4 Å². The predicted octanol–water partition coefficient (Wildman–Crippen LogP) is 0.903. The molecule has 0 aliphatic carbocycles. The number of benzene rings is 1. The van der Waals surface area contributed by atoms with E-state index in [1.807, 2.05) is 25.1 Å². The van der Waals surface area contributed by atoms with Gasteiger partial charge in [-0.15, -0.1) is 0 Å². The number of rotatable bonds is 3. The average molecular weight is 278 g/mol. The number of hydrogen-bond acceptors (Lipinski definition) is 3. The summed E-state index contributed by atoms with van der Waals surface area (Å²) in [6.45, 7) is 1.90. The molecule has 0 saturated heterocycles. The molecule has 1 aliphatic rings. The van der Waals surface area contributed by atoms with Crippen LogP contribution in [0.15, 0.2) is 18.2 Å². The molecule has 6 heteroatoms. The quantitative estimate of drug-likeness (QED) is 0.766. The number of aliphatic hydroxyl groups is 1. The smallest absolute Gasteiger partial charge is 0.328 e. The molecule has 108 valence electrons. The van der Waals surface area contributed by atoms with Gasteiger partial charge in [0.05, 0.1) is 6.61 Å². The van der Waals surface area contributed by atoms with Crippen LogP contribution in [0.2, 0.25) is 0 Å². The molecule has 6 nitrogen and oxygen atoms in total. The average Bonchev–Trinajstić information content (AvgIpc) is 2.43. The van der Waals surface area contributed by atoms with Gasteiger partial charge >= 0.3 is 12.0 Å². The number of fused-ring (bicyclic) bond motifs is 1. The summed E-state index contributed by atoms with van der Waals surface area (Å²) >= 11 is 0. The number of aryl methyl sites for hydroxylation is 2. The number of carboxylic acid groups (broad SMARTS) is 1. The number of anilines is 1. The molecule has 0 radical (unpaired) electrons. The number of nitrogens with one attached hydrogen (secondary N) is 1. The monoisotopic (exact) mass is 278 g/mol. The highest BCUT2D eigenvalue weighted by molar-refractivity contribution is 5.95. The molecule has 20 heavy (non-hydrogen) atoms. The van der Waals surface area contributed by atoms with Crippen LogP contribution in [0.4, 0.5) is 10.5 Å². The highest BCUT2D eigenvalue weighted by Crippen LogP contribution is 2.27. The number of nitrogens with zero attached hydrogens (tertiary/aromatic N) is 1. The van der Waals surface area contributed by atoms with Crippen LogP contribution in [0.1, 0.15) is 17.5 Å². The minimum Gasteiger partial charge on any atom is -0.480 e. The van der Waals surface area contributed by atoms with Gasteiger partial charge in [0, 0.05) is 12.2 Å². The largest absolute Gasteiger partial charge is 0.480 e. The number of aliphatic hydroxyl groups excluding tert-OH is 1. The molecular weight excluding hydrogens is 260 g/mol. The zero-order chi connectivity index (χ0) is 14.7. The van der Waals surface area contributed by atoms with Gasteiger partial charge in [-0.1, -0.05) is 17.7 Å². The maximum Gasteiger partial charge on any atom is 0.328 e. The Morgan fingerprint density at radius 3 is 2.85 bits per heavy atom. The SMILES string of the molecule is Cc1ccc2c(c1)CCCN2C(=O)N[C@H](CO)C(=O)O. The van der Waals surface area contributed by atoms with Crippen molar-refractivity contribution in [1.29, 1.82) is 0 Å². The Bertz CT molecular complexity index is 530. The third-order valence-corrected chi connectivity index (χ3v) is 3.38. The van der Waals surface area contributed by atoms with E-state index in [-0.39, 0.29) is 0 Å². The van der Waals surface area contributed by atoms with Gasteiger partial charge in [-0.25, -0.2) is 9.59 Å². The fourth-order valence-electron chi connectivity index (χ4n) is 2.35. The first-order valence-corrected chi connectivity index (χ1v) is 6.54. The first kappa shape index (κ1) is 14.3. The molecule has 2 rings (SSSR count). The first-order chi connectivity index (χ1) is 9.52. The maximum atomic E-state index is 12.2. The molecule has 3 N–H and O–H groups in total. The third-order valence-electron chi connectivity index (χ3n) is 3.38. The lowest BCUT2D eigenvalue weighted by molar-refractivity contribution is -0.140. The zero-order valence-electron chi connectivity index (χ0n) is 11.3. The fraction of sp³-hybridized carbons (Fsp3) is 0.429. The van der Waals surface area contributed by atoms with Crippen molar-refractivity contribution < 1.29 is 19.8 Å². The second-order valence-corrected chi connectivity index (χ2v) is 4.91. The van der Waals surface area contributed by atoms with Gasteiger partial charge in [0.15, 0.2) is 6.04 Å². The number of aliphatic carboxylic acids is 1. The van der Waals surface area contributed by atoms with Crippen LogP contribution in [-0.2, 0) is 11.2 Å². The van der Waals surface area contributed by atoms with E-state index in [0.29, 0.717) is 6.54 Å². The molecule has 1 atom stereocenters. The fourth-order valence-corrected chi connectivity index (χ4v) is 2.35.